The second-order valence-corrected chi connectivity index (χ2v) is 4.47. The molecule has 1 N–H and O–H groups in total. The summed E-state index contributed by atoms with van der Waals surface area (Å²) in [6.07, 6.45) is 3.01. The van der Waals surface area contributed by atoms with Crippen LogP contribution in [-0.2, 0) is 0 Å². The molecule has 1 aliphatic heterocycles. The molecular formula is C9H13N3S. The predicted octanol–water partition coefficient (Wildman–Crippen LogP) is 1.70. The van der Waals surface area contributed by atoms with Crippen molar-refractivity contribution in [2.24, 2.45) is 0 Å². The zero-order chi connectivity index (χ0) is 9.10. The summed E-state index contributed by atoms with van der Waals surface area (Å²) >= 11 is 1.99. The number of anilines is 1. The molecule has 1 aromatic rings. The van der Waals surface area contributed by atoms with Crippen molar-refractivity contribution in [2.75, 3.05) is 16.8 Å². The van der Waals surface area contributed by atoms with Crippen molar-refractivity contribution in [2.45, 2.75) is 19.4 Å². The van der Waals surface area contributed by atoms with Gasteiger partial charge in [0.2, 0.25) is 0 Å². The third-order valence-corrected chi connectivity index (χ3v) is 3.24. The Morgan fingerprint density at radius 2 is 2.54 bits per heavy atom. The van der Waals surface area contributed by atoms with Gasteiger partial charge in [-0.2, -0.15) is 16.9 Å². The molecule has 1 saturated heterocycles. The van der Waals surface area contributed by atoms with Crippen LogP contribution >= 0.6 is 11.8 Å². The summed E-state index contributed by atoms with van der Waals surface area (Å²) in [7, 11) is 0. The monoisotopic (exact) mass is 195 g/mol. The molecule has 0 amide bonds. The van der Waals surface area contributed by atoms with E-state index in [0.717, 1.165) is 11.4 Å². The molecule has 0 bridgehead atoms. The first kappa shape index (κ1) is 8.81. The van der Waals surface area contributed by atoms with Crippen molar-refractivity contribution < 1.29 is 0 Å². The average molecular weight is 195 g/mol. The minimum atomic E-state index is 0.584. The van der Waals surface area contributed by atoms with E-state index in [0.29, 0.717) is 6.04 Å². The van der Waals surface area contributed by atoms with E-state index in [1.807, 2.05) is 24.8 Å². The van der Waals surface area contributed by atoms with E-state index in [1.54, 1.807) is 6.20 Å². The number of nitrogens with one attached hydrogen (secondary N) is 1. The van der Waals surface area contributed by atoms with Crippen molar-refractivity contribution in [1.82, 2.24) is 10.2 Å². The van der Waals surface area contributed by atoms with Gasteiger partial charge in [-0.15, -0.1) is 5.10 Å². The molecule has 1 atom stereocenters. The minimum absolute atomic E-state index is 0.584. The van der Waals surface area contributed by atoms with E-state index in [-0.39, 0.29) is 0 Å². The Balaban J connectivity index is 2.00. The second kappa shape index (κ2) is 3.96. The Labute approximate surface area is 82.3 Å². The van der Waals surface area contributed by atoms with Crippen LogP contribution in [0.4, 0.5) is 5.82 Å². The minimum Gasteiger partial charge on any atom is -0.365 e. The summed E-state index contributed by atoms with van der Waals surface area (Å²) in [5.74, 6) is 3.36. The Hall–Kier alpha value is -0.770. The molecule has 0 aliphatic carbocycles. The summed E-state index contributed by atoms with van der Waals surface area (Å²) in [6, 6.07) is 2.62. The molecule has 3 nitrogen and oxygen atoms in total. The van der Waals surface area contributed by atoms with Gasteiger partial charge in [-0.3, -0.25) is 0 Å². The first-order valence-electron chi connectivity index (χ1n) is 4.48. The van der Waals surface area contributed by atoms with Crippen LogP contribution in [0.15, 0.2) is 12.3 Å². The third-order valence-electron chi connectivity index (χ3n) is 2.07. The molecule has 4 heteroatoms. The molecule has 0 saturated carbocycles. The van der Waals surface area contributed by atoms with Crippen LogP contribution in [0.3, 0.4) is 0 Å². The Kier molecular flexibility index (Phi) is 2.68. The number of hydrogen-bond donors (Lipinski definition) is 1. The maximum absolute atomic E-state index is 4.03. The van der Waals surface area contributed by atoms with E-state index in [4.69, 9.17) is 0 Å². The second-order valence-electron chi connectivity index (χ2n) is 3.32. The highest BCUT2D eigenvalue weighted by Gasteiger charge is 2.15. The lowest BCUT2D eigenvalue weighted by molar-refractivity contribution is 0.799. The van der Waals surface area contributed by atoms with E-state index in [2.05, 4.69) is 15.5 Å². The number of aromatic nitrogens is 2. The maximum Gasteiger partial charge on any atom is 0.149 e. The maximum atomic E-state index is 4.03. The molecule has 70 valence electrons. The average Bonchev–Trinajstić information content (AvgIpc) is 2.57. The van der Waals surface area contributed by atoms with Gasteiger partial charge in [-0.05, 0) is 30.7 Å². The van der Waals surface area contributed by atoms with Gasteiger partial charge < -0.3 is 5.32 Å². The van der Waals surface area contributed by atoms with Gasteiger partial charge >= 0.3 is 0 Å². The molecule has 0 aromatic carbocycles. The van der Waals surface area contributed by atoms with Crippen LogP contribution in [0.5, 0.6) is 0 Å². The Bertz CT molecular complexity index is 284. The van der Waals surface area contributed by atoms with E-state index in [9.17, 15) is 0 Å². The predicted molar refractivity (Wildman–Crippen MR) is 56.1 cm³/mol. The van der Waals surface area contributed by atoms with Crippen molar-refractivity contribution in [1.29, 1.82) is 0 Å². The first-order valence-corrected chi connectivity index (χ1v) is 5.64. The van der Waals surface area contributed by atoms with Gasteiger partial charge in [0.1, 0.15) is 5.82 Å². The highest BCUT2D eigenvalue weighted by atomic mass is 32.2. The van der Waals surface area contributed by atoms with Crippen molar-refractivity contribution in [3.8, 4) is 0 Å². The summed E-state index contributed by atoms with van der Waals surface area (Å²) in [5, 5.41) is 11.3. The van der Waals surface area contributed by atoms with Crippen LogP contribution in [0, 0.1) is 6.92 Å². The van der Waals surface area contributed by atoms with Crippen LogP contribution in [0.2, 0.25) is 0 Å². The molecule has 1 unspecified atom stereocenters. The Morgan fingerprint density at radius 3 is 3.23 bits per heavy atom. The molecule has 1 aromatic heterocycles. The van der Waals surface area contributed by atoms with E-state index in [1.165, 1.54) is 17.9 Å². The summed E-state index contributed by atoms with van der Waals surface area (Å²) in [4.78, 5) is 0. The summed E-state index contributed by atoms with van der Waals surface area (Å²) in [6.45, 7) is 2.03. The van der Waals surface area contributed by atoms with Crippen LogP contribution in [0.1, 0.15) is 12.0 Å². The molecule has 1 fully saturated rings. The van der Waals surface area contributed by atoms with Gasteiger partial charge in [-0.25, -0.2) is 0 Å². The molecular weight excluding hydrogens is 182 g/mol. The van der Waals surface area contributed by atoms with Crippen molar-refractivity contribution in [3.05, 3.63) is 17.8 Å². The molecule has 0 spiro atoms. The molecule has 13 heavy (non-hydrogen) atoms. The quantitative estimate of drug-likeness (QED) is 0.779. The Morgan fingerprint density at radius 1 is 1.62 bits per heavy atom. The lowest BCUT2D eigenvalue weighted by Crippen LogP contribution is -2.19. The molecule has 1 aliphatic rings. The lowest BCUT2D eigenvalue weighted by atomic mass is 10.2. The van der Waals surface area contributed by atoms with Gasteiger partial charge in [0.25, 0.3) is 0 Å². The normalized spacial score (nSPS) is 21.8. The lowest BCUT2D eigenvalue weighted by Gasteiger charge is -2.10. The SMILES string of the molecule is Cc1cnnc(NC2CCSC2)c1. The van der Waals surface area contributed by atoms with Crippen molar-refractivity contribution in [3.63, 3.8) is 0 Å². The third kappa shape index (κ3) is 2.34. The molecule has 2 heterocycles. The zero-order valence-corrected chi connectivity index (χ0v) is 8.47. The number of hydrogen-bond acceptors (Lipinski definition) is 4. The summed E-state index contributed by atoms with van der Waals surface area (Å²) < 4.78 is 0. The van der Waals surface area contributed by atoms with Gasteiger partial charge in [0, 0.05) is 11.8 Å². The standard InChI is InChI=1S/C9H13N3S/c1-7-4-9(12-10-5-7)11-8-2-3-13-6-8/h4-5,8H,2-3,6H2,1H3,(H,11,12). The topological polar surface area (TPSA) is 37.8 Å². The zero-order valence-electron chi connectivity index (χ0n) is 7.66. The highest BCUT2D eigenvalue weighted by molar-refractivity contribution is 7.99. The van der Waals surface area contributed by atoms with E-state index >= 15 is 0 Å². The van der Waals surface area contributed by atoms with Crippen LogP contribution in [0.25, 0.3) is 0 Å². The number of nitrogens with zero attached hydrogens (tertiary/aromatic N) is 2. The number of thioether (sulfide) groups is 1. The number of aryl methyl sites for hydroxylation is 1. The van der Waals surface area contributed by atoms with Gasteiger partial charge in [0.05, 0.1) is 6.20 Å². The fourth-order valence-corrected chi connectivity index (χ4v) is 2.54. The van der Waals surface area contributed by atoms with E-state index < -0.39 is 0 Å². The fourth-order valence-electron chi connectivity index (χ4n) is 1.39. The molecule has 2 rings (SSSR count). The van der Waals surface area contributed by atoms with Crippen LogP contribution in [-0.4, -0.2) is 27.7 Å². The highest BCUT2D eigenvalue weighted by Crippen LogP contribution is 2.20. The number of rotatable bonds is 2. The van der Waals surface area contributed by atoms with Gasteiger partial charge in [-0.1, -0.05) is 0 Å². The fraction of sp³-hybridized carbons (Fsp3) is 0.556. The smallest absolute Gasteiger partial charge is 0.149 e. The van der Waals surface area contributed by atoms with Crippen LogP contribution < -0.4 is 5.32 Å². The summed E-state index contributed by atoms with van der Waals surface area (Å²) in [5.41, 5.74) is 1.16. The first-order chi connectivity index (χ1) is 6.34. The van der Waals surface area contributed by atoms with Crippen molar-refractivity contribution >= 4 is 17.6 Å². The largest absolute Gasteiger partial charge is 0.365 e. The molecule has 0 radical (unpaired) electrons. The van der Waals surface area contributed by atoms with Gasteiger partial charge in [0.15, 0.2) is 0 Å².